The minimum absolute atomic E-state index is 0.754. The summed E-state index contributed by atoms with van der Waals surface area (Å²) >= 11 is 0. The van der Waals surface area contributed by atoms with Crippen LogP contribution >= 0.6 is 0 Å². The molecule has 0 bridgehead atoms. The van der Waals surface area contributed by atoms with E-state index >= 15 is 0 Å². The van der Waals surface area contributed by atoms with Crippen molar-refractivity contribution in [2.45, 2.75) is 46.6 Å². The Kier molecular flexibility index (Phi) is 4.22. The van der Waals surface area contributed by atoms with Crippen molar-refractivity contribution >= 4 is 0 Å². The number of fused-ring (bicyclic) bond motifs is 1. The Balaban J connectivity index is 1.83. The summed E-state index contributed by atoms with van der Waals surface area (Å²) < 4.78 is 0. The molecule has 0 saturated carbocycles. The molecule has 1 heteroatoms. The zero-order valence-corrected chi connectivity index (χ0v) is 11.4. The second-order valence-electron chi connectivity index (χ2n) is 5.81. The highest BCUT2D eigenvalue weighted by molar-refractivity contribution is 5.35. The molecule has 2 rings (SSSR count). The van der Waals surface area contributed by atoms with Crippen LogP contribution in [0.15, 0.2) is 18.2 Å². The molecule has 0 amide bonds. The standard InChI is InChI=1S/C16H25N/c1-12(2)13(3)10-17-11-14-7-8-15-5-4-6-16(15)9-14/h7-9,12-13,17H,4-6,10-11H2,1-3H3. The van der Waals surface area contributed by atoms with Crippen LogP contribution in [0, 0.1) is 11.8 Å². The molecule has 94 valence electrons. The van der Waals surface area contributed by atoms with Crippen LogP contribution in [0.1, 0.15) is 43.9 Å². The number of hydrogen-bond acceptors (Lipinski definition) is 1. The summed E-state index contributed by atoms with van der Waals surface area (Å²) in [6.45, 7) is 9.04. The molecule has 0 fully saturated rings. The van der Waals surface area contributed by atoms with Gasteiger partial charge in [0.2, 0.25) is 0 Å². The molecule has 17 heavy (non-hydrogen) atoms. The van der Waals surface area contributed by atoms with Crippen molar-refractivity contribution in [3.63, 3.8) is 0 Å². The van der Waals surface area contributed by atoms with E-state index in [-0.39, 0.29) is 0 Å². The van der Waals surface area contributed by atoms with Crippen LogP contribution < -0.4 is 5.32 Å². The van der Waals surface area contributed by atoms with E-state index in [9.17, 15) is 0 Å². The van der Waals surface area contributed by atoms with Gasteiger partial charge in [-0.05, 0) is 54.3 Å². The smallest absolute Gasteiger partial charge is 0.0205 e. The lowest BCUT2D eigenvalue weighted by molar-refractivity contribution is 0.392. The van der Waals surface area contributed by atoms with Gasteiger partial charge in [0.05, 0.1) is 0 Å². The SMILES string of the molecule is CC(C)C(C)CNCc1ccc2c(c1)CCC2. The Morgan fingerprint density at radius 1 is 1.12 bits per heavy atom. The van der Waals surface area contributed by atoms with Crippen LogP contribution in [0.25, 0.3) is 0 Å². The molecular formula is C16H25N. The number of nitrogens with one attached hydrogen (secondary N) is 1. The highest BCUT2D eigenvalue weighted by Crippen LogP contribution is 2.22. The van der Waals surface area contributed by atoms with E-state index in [1.54, 1.807) is 11.1 Å². The second kappa shape index (κ2) is 5.68. The predicted molar refractivity (Wildman–Crippen MR) is 74.2 cm³/mol. The molecule has 0 aliphatic heterocycles. The lowest BCUT2D eigenvalue weighted by Gasteiger charge is -2.16. The van der Waals surface area contributed by atoms with Gasteiger partial charge in [0.1, 0.15) is 0 Å². The van der Waals surface area contributed by atoms with E-state index in [0.717, 1.165) is 24.9 Å². The van der Waals surface area contributed by atoms with Gasteiger partial charge in [-0.25, -0.2) is 0 Å². The topological polar surface area (TPSA) is 12.0 Å². The molecule has 0 heterocycles. The van der Waals surface area contributed by atoms with Crippen molar-refractivity contribution in [2.75, 3.05) is 6.54 Å². The van der Waals surface area contributed by atoms with E-state index in [4.69, 9.17) is 0 Å². The normalized spacial score (nSPS) is 16.2. The summed E-state index contributed by atoms with van der Waals surface area (Å²) in [4.78, 5) is 0. The van der Waals surface area contributed by atoms with E-state index in [1.807, 2.05) is 0 Å². The van der Waals surface area contributed by atoms with Crippen LogP contribution in [0.4, 0.5) is 0 Å². The lowest BCUT2D eigenvalue weighted by atomic mass is 9.98. The maximum atomic E-state index is 3.57. The number of hydrogen-bond donors (Lipinski definition) is 1. The third-order valence-corrected chi connectivity index (χ3v) is 4.10. The van der Waals surface area contributed by atoms with E-state index in [1.165, 1.54) is 24.8 Å². The van der Waals surface area contributed by atoms with Crippen molar-refractivity contribution in [2.24, 2.45) is 11.8 Å². The maximum absolute atomic E-state index is 3.57. The van der Waals surface area contributed by atoms with E-state index < -0.39 is 0 Å². The molecule has 1 atom stereocenters. The number of rotatable bonds is 5. The van der Waals surface area contributed by atoms with Crippen molar-refractivity contribution in [3.8, 4) is 0 Å². The quantitative estimate of drug-likeness (QED) is 0.817. The molecule has 1 aromatic carbocycles. The molecule has 0 saturated heterocycles. The second-order valence-corrected chi connectivity index (χ2v) is 5.81. The van der Waals surface area contributed by atoms with Crippen LogP contribution in [0.5, 0.6) is 0 Å². The van der Waals surface area contributed by atoms with E-state index in [2.05, 4.69) is 44.3 Å². The zero-order chi connectivity index (χ0) is 12.3. The zero-order valence-electron chi connectivity index (χ0n) is 11.4. The number of aryl methyl sites for hydroxylation is 2. The molecule has 0 radical (unpaired) electrons. The molecule has 1 aromatic rings. The van der Waals surface area contributed by atoms with Crippen LogP contribution in [-0.4, -0.2) is 6.54 Å². The summed E-state index contributed by atoms with van der Waals surface area (Å²) in [5, 5.41) is 3.57. The van der Waals surface area contributed by atoms with E-state index in [0.29, 0.717) is 0 Å². The monoisotopic (exact) mass is 231 g/mol. The highest BCUT2D eigenvalue weighted by Gasteiger charge is 2.11. The first kappa shape index (κ1) is 12.6. The van der Waals surface area contributed by atoms with Gasteiger partial charge in [0, 0.05) is 6.54 Å². The molecule has 1 N–H and O–H groups in total. The van der Waals surface area contributed by atoms with Gasteiger partial charge in [0.15, 0.2) is 0 Å². The summed E-state index contributed by atoms with van der Waals surface area (Å²) in [5.74, 6) is 1.52. The van der Waals surface area contributed by atoms with Crippen molar-refractivity contribution in [3.05, 3.63) is 34.9 Å². The van der Waals surface area contributed by atoms with Crippen LogP contribution in [0.3, 0.4) is 0 Å². The molecule has 1 nitrogen and oxygen atoms in total. The van der Waals surface area contributed by atoms with Gasteiger partial charge in [-0.15, -0.1) is 0 Å². The fourth-order valence-electron chi connectivity index (χ4n) is 2.42. The van der Waals surface area contributed by atoms with Gasteiger partial charge in [0.25, 0.3) is 0 Å². The van der Waals surface area contributed by atoms with Crippen LogP contribution in [-0.2, 0) is 19.4 Å². The first-order chi connectivity index (χ1) is 8.16. The molecular weight excluding hydrogens is 206 g/mol. The van der Waals surface area contributed by atoms with Gasteiger partial charge in [-0.3, -0.25) is 0 Å². The first-order valence-corrected chi connectivity index (χ1v) is 6.98. The highest BCUT2D eigenvalue weighted by atomic mass is 14.9. The average Bonchev–Trinajstić information content (AvgIpc) is 2.75. The summed E-state index contributed by atoms with van der Waals surface area (Å²) in [7, 11) is 0. The molecule has 1 aliphatic rings. The molecule has 0 spiro atoms. The van der Waals surface area contributed by atoms with Crippen molar-refractivity contribution < 1.29 is 0 Å². The largest absolute Gasteiger partial charge is 0.312 e. The third kappa shape index (κ3) is 3.32. The summed E-state index contributed by atoms with van der Waals surface area (Å²) in [6.07, 6.45) is 3.91. The van der Waals surface area contributed by atoms with Gasteiger partial charge >= 0.3 is 0 Å². The Labute approximate surface area is 106 Å². The van der Waals surface area contributed by atoms with Crippen molar-refractivity contribution in [1.82, 2.24) is 5.32 Å². The first-order valence-electron chi connectivity index (χ1n) is 6.98. The molecule has 1 unspecified atom stereocenters. The lowest BCUT2D eigenvalue weighted by Crippen LogP contribution is -2.23. The van der Waals surface area contributed by atoms with Gasteiger partial charge in [-0.2, -0.15) is 0 Å². The number of benzene rings is 1. The van der Waals surface area contributed by atoms with Gasteiger partial charge < -0.3 is 5.32 Å². The average molecular weight is 231 g/mol. The van der Waals surface area contributed by atoms with Crippen LogP contribution in [0.2, 0.25) is 0 Å². The Morgan fingerprint density at radius 2 is 1.88 bits per heavy atom. The minimum atomic E-state index is 0.754. The molecule has 1 aliphatic carbocycles. The third-order valence-electron chi connectivity index (χ3n) is 4.10. The summed E-state index contributed by atoms with van der Waals surface area (Å²) in [6, 6.07) is 7.01. The van der Waals surface area contributed by atoms with Crippen molar-refractivity contribution in [1.29, 1.82) is 0 Å². The Hall–Kier alpha value is -0.820. The summed E-state index contributed by atoms with van der Waals surface area (Å²) in [5.41, 5.74) is 4.60. The minimum Gasteiger partial charge on any atom is -0.312 e. The predicted octanol–water partition coefficient (Wildman–Crippen LogP) is 3.56. The molecule has 0 aromatic heterocycles. The Morgan fingerprint density at radius 3 is 2.65 bits per heavy atom. The van der Waals surface area contributed by atoms with Gasteiger partial charge in [-0.1, -0.05) is 39.0 Å². The maximum Gasteiger partial charge on any atom is 0.0205 e. The fraction of sp³-hybridized carbons (Fsp3) is 0.625. The fourth-order valence-corrected chi connectivity index (χ4v) is 2.42. The Bertz CT molecular complexity index is 368.